The van der Waals surface area contributed by atoms with Gasteiger partial charge in [-0.15, -0.1) is 6.58 Å². The number of H-pyrrole nitrogens is 1. The van der Waals surface area contributed by atoms with Crippen LogP contribution in [0.4, 0.5) is 0 Å². The van der Waals surface area contributed by atoms with E-state index in [0.29, 0.717) is 6.54 Å². The highest BCUT2D eigenvalue weighted by Crippen LogP contribution is 2.37. The van der Waals surface area contributed by atoms with Crippen molar-refractivity contribution in [2.75, 3.05) is 6.54 Å². The molecule has 0 radical (unpaired) electrons. The van der Waals surface area contributed by atoms with E-state index < -0.39 is 0 Å². The molecule has 1 N–H and O–H groups in total. The molecule has 0 amide bonds. The van der Waals surface area contributed by atoms with Crippen molar-refractivity contribution in [3.8, 4) is 0 Å². The van der Waals surface area contributed by atoms with Crippen LogP contribution in [-0.2, 0) is 19.5 Å². The Balaban J connectivity index is 1.77. The largest absolute Gasteiger partial charge is 0.465 e. The highest BCUT2D eigenvalue weighted by Gasteiger charge is 2.35. The average Bonchev–Trinajstić information content (AvgIpc) is 3.29. The summed E-state index contributed by atoms with van der Waals surface area (Å²) >= 11 is 0. The molecule has 1 aliphatic rings. The van der Waals surface area contributed by atoms with Gasteiger partial charge < -0.3 is 9.40 Å². The van der Waals surface area contributed by atoms with E-state index in [1.54, 1.807) is 6.33 Å². The van der Waals surface area contributed by atoms with Crippen molar-refractivity contribution in [3.63, 3.8) is 0 Å². The van der Waals surface area contributed by atoms with Crippen LogP contribution in [0, 0.1) is 27.7 Å². The third-order valence-electron chi connectivity index (χ3n) is 5.61. The van der Waals surface area contributed by atoms with Gasteiger partial charge in [0.05, 0.1) is 36.8 Å². The Morgan fingerprint density at radius 1 is 1.33 bits per heavy atom. The van der Waals surface area contributed by atoms with Crippen LogP contribution in [0.25, 0.3) is 0 Å². The molecular formula is C21H27N5O. The van der Waals surface area contributed by atoms with Crippen LogP contribution >= 0.6 is 0 Å². The molecule has 1 aliphatic heterocycles. The summed E-state index contributed by atoms with van der Waals surface area (Å²) in [4.78, 5) is 10.5. The molecule has 4 heterocycles. The predicted octanol–water partition coefficient (Wildman–Crippen LogP) is 3.77. The molecule has 0 aliphatic carbocycles. The molecule has 0 unspecified atom stereocenters. The maximum atomic E-state index is 5.97. The van der Waals surface area contributed by atoms with Crippen LogP contribution in [0.15, 0.2) is 29.5 Å². The van der Waals surface area contributed by atoms with Gasteiger partial charge in [0.2, 0.25) is 0 Å². The number of allylic oxidation sites excluding steroid dienone is 1. The molecule has 3 aromatic rings. The number of aromatic amines is 1. The predicted molar refractivity (Wildman–Crippen MR) is 105 cm³/mol. The van der Waals surface area contributed by atoms with E-state index in [-0.39, 0.29) is 6.04 Å². The summed E-state index contributed by atoms with van der Waals surface area (Å²) in [6.07, 6.45) is 4.65. The van der Waals surface area contributed by atoms with Gasteiger partial charge in [-0.3, -0.25) is 9.58 Å². The number of imidazole rings is 1. The minimum absolute atomic E-state index is 0.0734. The summed E-state index contributed by atoms with van der Waals surface area (Å²) < 4.78 is 8.00. The van der Waals surface area contributed by atoms with Gasteiger partial charge in [-0.1, -0.05) is 6.08 Å². The Bertz CT molecular complexity index is 958. The maximum Gasteiger partial charge on any atom is 0.118 e. The molecule has 0 saturated carbocycles. The van der Waals surface area contributed by atoms with Gasteiger partial charge in [0.15, 0.2) is 0 Å². The lowest BCUT2D eigenvalue weighted by molar-refractivity contribution is 0.183. The Kier molecular flexibility index (Phi) is 4.52. The first-order chi connectivity index (χ1) is 13.0. The molecule has 0 saturated heterocycles. The standard InChI is InChI=1S/C21H27N5O/c1-6-8-26-15(4)19(14(3)24-26)21-20-18(22-12-23-20)7-9-25(21)11-17-10-13(2)16(5)27-17/h6,10,12,21H,1,7-9,11H2,2-5H3,(H,22,23)/t21-/m0/s1. The first-order valence-electron chi connectivity index (χ1n) is 9.46. The molecular weight excluding hydrogens is 338 g/mol. The van der Waals surface area contributed by atoms with Gasteiger partial charge in [0.1, 0.15) is 11.5 Å². The van der Waals surface area contributed by atoms with Gasteiger partial charge >= 0.3 is 0 Å². The van der Waals surface area contributed by atoms with Gasteiger partial charge in [-0.05, 0) is 39.3 Å². The number of nitrogens with one attached hydrogen (secondary N) is 1. The van der Waals surface area contributed by atoms with Crippen LogP contribution in [0.5, 0.6) is 0 Å². The first-order valence-corrected chi connectivity index (χ1v) is 9.46. The molecule has 0 fully saturated rings. The Morgan fingerprint density at radius 3 is 2.85 bits per heavy atom. The second-order valence-corrected chi connectivity index (χ2v) is 7.40. The van der Waals surface area contributed by atoms with Crippen LogP contribution in [0.2, 0.25) is 0 Å². The zero-order valence-corrected chi connectivity index (χ0v) is 16.5. The van der Waals surface area contributed by atoms with E-state index in [9.17, 15) is 0 Å². The molecule has 0 bridgehead atoms. The summed E-state index contributed by atoms with van der Waals surface area (Å²) in [6.45, 7) is 14.6. The summed E-state index contributed by atoms with van der Waals surface area (Å²) in [7, 11) is 0. The maximum absolute atomic E-state index is 5.97. The van der Waals surface area contributed by atoms with Gasteiger partial charge in [-0.25, -0.2) is 4.98 Å². The monoisotopic (exact) mass is 365 g/mol. The topological polar surface area (TPSA) is 62.9 Å². The SMILES string of the molecule is C=CCn1nc(C)c([C@H]2c3nc[nH]c3CCN2Cc2cc(C)c(C)o2)c1C. The fraction of sp³-hybridized carbons (Fsp3) is 0.429. The number of aromatic nitrogens is 4. The molecule has 4 rings (SSSR count). The third kappa shape index (κ3) is 3.04. The van der Waals surface area contributed by atoms with Crippen molar-refractivity contribution in [2.24, 2.45) is 0 Å². The van der Waals surface area contributed by atoms with E-state index >= 15 is 0 Å². The van der Waals surface area contributed by atoms with Crippen LogP contribution in [0.1, 0.15) is 51.5 Å². The second kappa shape index (κ2) is 6.85. The summed E-state index contributed by atoms with van der Waals surface area (Å²) in [6, 6.07) is 2.22. The van der Waals surface area contributed by atoms with E-state index in [1.165, 1.54) is 22.5 Å². The zero-order valence-electron chi connectivity index (χ0n) is 16.5. The fourth-order valence-electron chi connectivity index (χ4n) is 4.15. The number of aryl methyl sites for hydroxylation is 3. The van der Waals surface area contributed by atoms with E-state index in [2.05, 4.69) is 48.3 Å². The van der Waals surface area contributed by atoms with E-state index in [4.69, 9.17) is 9.52 Å². The lowest BCUT2D eigenvalue weighted by Gasteiger charge is -2.34. The Hall–Kier alpha value is -2.60. The number of hydrogen-bond acceptors (Lipinski definition) is 4. The molecule has 0 aromatic carbocycles. The number of hydrogen-bond donors (Lipinski definition) is 1. The summed E-state index contributed by atoms with van der Waals surface area (Å²) in [5.41, 5.74) is 6.98. The normalized spacial score (nSPS) is 17.3. The van der Waals surface area contributed by atoms with Crippen molar-refractivity contribution in [3.05, 3.63) is 70.5 Å². The van der Waals surface area contributed by atoms with Gasteiger partial charge in [0.25, 0.3) is 0 Å². The summed E-state index contributed by atoms with van der Waals surface area (Å²) in [5, 5.41) is 4.75. The molecule has 6 nitrogen and oxygen atoms in total. The van der Waals surface area contributed by atoms with Crippen molar-refractivity contribution >= 4 is 0 Å². The molecule has 0 spiro atoms. The smallest absolute Gasteiger partial charge is 0.118 e. The molecule has 142 valence electrons. The van der Waals surface area contributed by atoms with Crippen LogP contribution < -0.4 is 0 Å². The second-order valence-electron chi connectivity index (χ2n) is 7.40. The summed E-state index contributed by atoms with van der Waals surface area (Å²) in [5.74, 6) is 1.99. The number of nitrogens with zero attached hydrogens (tertiary/aromatic N) is 4. The van der Waals surface area contributed by atoms with Crippen molar-refractivity contribution in [1.29, 1.82) is 0 Å². The highest BCUT2D eigenvalue weighted by atomic mass is 16.3. The minimum Gasteiger partial charge on any atom is -0.465 e. The van der Waals surface area contributed by atoms with Crippen molar-refractivity contribution < 1.29 is 4.42 Å². The highest BCUT2D eigenvalue weighted by molar-refractivity contribution is 5.38. The van der Waals surface area contributed by atoms with Crippen molar-refractivity contribution in [1.82, 2.24) is 24.6 Å². The lowest BCUT2D eigenvalue weighted by Crippen LogP contribution is -2.36. The molecule has 1 atom stereocenters. The van der Waals surface area contributed by atoms with Crippen LogP contribution in [-0.4, -0.2) is 31.2 Å². The van der Waals surface area contributed by atoms with Gasteiger partial charge in [0, 0.05) is 29.9 Å². The number of fused-ring (bicyclic) bond motifs is 1. The number of rotatable bonds is 5. The quantitative estimate of drug-likeness (QED) is 0.699. The molecule has 6 heteroatoms. The van der Waals surface area contributed by atoms with Crippen molar-refractivity contribution in [2.45, 2.75) is 53.2 Å². The molecule has 27 heavy (non-hydrogen) atoms. The fourth-order valence-corrected chi connectivity index (χ4v) is 4.15. The minimum atomic E-state index is 0.0734. The Morgan fingerprint density at radius 2 is 2.15 bits per heavy atom. The third-order valence-corrected chi connectivity index (χ3v) is 5.61. The van der Waals surface area contributed by atoms with Crippen LogP contribution in [0.3, 0.4) is 0 Å². The number of furan rings is 1. The van der Waals surface area contributed by atoms with E-state index in [0.717, 1.165) is 42.4 Å². The van der Waals surface area contributed by atoms with Gasteiger partial charge in [-0.2, -0.15) is 5.10 Å². The zero-order chi connectivity index (χ0) is 19.1. The molecule has 3 aromatic heterocycles. The average molecular weight is 365 g/mol. The lowest BCUT2D eigenvalue weighted by atomic mass is 9.94. The van der Waals surface area contributed by atoms with E-state index in [1.807, 2.05) is 17.7 Å². The first kappa shape index (κ1) is 17.8. The Labute approximate surface area is 159 Å².